The molecule has 0 unspecified atom stereocenters. The highest BCUT2D eigenvalue weighted by molar-refractivity contribution is 5.76. The number of hydrogen-bond acceptors (Lipinski definition) is 2. The molecule has 0 aliphatic carbocycles. The van der Waals surface area contributed by atoms with Gasteiger partial charge in [0.15, 0.2) is 0 Å². The molecule has 0 saturated carbocycles. The van der Waals surface area contributed by atoms with Crippen LogP contribution in [-0.4, -0.2) is 19.0 Å². The molecule has 20 heavy (non-hydrogen) atoms. The van der Waals surface area contributed by atoms with Crippen LogP contribution in [0.2, 0.25) is 0 Å². The maximum atomic E-state index is 12.5. The standard InChI is InChI=1S/C15H22F2N2O/c1-11(2)9-19-14(20)6-7-18-10-12-4-3-5-13(8-12)15(16)17/h3-5,8,11,15,18H,6-7,9-10H2,1-2H3,(H,19,20). The van der Waals surface area contributed by atoms with Gasteiger partial charge in [-0.1, -0.05) is 32.0 Å². The van der Waals surface area contributed by atoms with Gasteiger partial charge >= 0.3 is 0 Å². The summed E-state index contributed by atoms with van der Waals surface area (Å²) in [6.07, 6.45) is -2.06. The van der Waals surface area contributed by atoms with Gasteiger partial charge in [-0.05, 0) is 17.5 Å². The number of amides is 1. The van der Waals surface area contributed by atoms with Gasteiger partial charge < -0.3 is 10.6 Å². The van der Waals surface area contributed by atoms with Crippen LogP contribution >= 0.6 is 0 Å². The van der Waals surface area contributed by atoms with E-state index in [1.54, 1.807) is 12.1 Å². The lowest BCUT2D eigenvalue weighted by Gasteiger charge is -2.09. The third-order valence-corrected chi connectivity index (χ3v) is 2.77. The van der Waals surface area contributed by atoms with Crippen LogP contribution in [0.25, 0.3) is 0 Å². The maximum absolute atomic E-state index is 12.5. The Bertz CT molecular complexity index is 422. The Morgan fingerprint density at radius 3 is 2.70 bits per heavy atom. The van der Waals surface area contributed by atoms with Crippen molar-refractivity contribution < 1.29 is 13.6 Å². The second kappa shape index (κ2) is 8.64. The molecule has 3 nitrogen and oxygen atoms in total. The van der Waals surface area contributed by atoms with Gasteiger partial charge in [0.05, 0.1) is 0 Å². The largest absolute Gasteiger partial charge is 0.356 e. The van der Waals surface area contributed by atoms with Crippen LogP contribution in [0.3, 0.4) is 0 Å². The molecule has 112 valence electrons. The number of benzene rings is 1. The molecule has 0 heterocycles. The molecule has 1 amide bonds. The van der Waals surface area contributed by atoms with Crippen LogP contribution in [0.1, 0.15) is 37.8 Å². The van der Waals surface area contributed by atoms with Crippen LogP contribution in [0.4, 0.5) is 8.78 Å². The van der Waals surface area contributed by atoms with Crippen molar-refractivity contribution in [2.24, 2.45) is 5.92 Å². The molecule has 1 rings (SSSR count). The zero-order valence-electron chi connectivity index (χ0n) is 12.0. The molecule has 1 aromatic rings. The molecule has 0 bridgehead atoms. The van der Waals surface area contributed by atoms with E-state index in [-0.39, 0.29) is 11.5 Å². The number of rotatable bonds is 8. The highest BCUT2D eigenvalue weighted by Crippen LogP contribution is 2.19. The zero-order valence-corrected chi connectivity index (χ0v) is 12.0. The minimum Gasteiger partial charge on any atom is -0.356 e. The van der Waals surface area contributed by atoms with E-state index >= 15 is 0 Å². The Labute approximate surface area is 118 Å². The Balaban J connectivity index is 2.24. The first-order valence-electron chi connectivity index (χ1n) is 6.83. The summed E-state index contributed by atoms with van der Waals surface area (Å²) in [5.41, 5.74) is 0.823. The minimum atomic E-state index is -2.45. The van der Waals surface area contributed by atoms with Crippen molar-refractivity contribution in [1.29, 1.82) is 0 Å². The van der Waals surface area contributed by atoms with Crippen LogP contribution in [0.5, 0.6) is 0 Å². The van der Waals surface area contributed by atoms with E-state index in [1.165, 1.54) is 12.1 Å². The van der Waals surface area contributed by atoms with Crippen molar-refractivity contribution in [2.75, 3.05) is 13.1 Å². The smallest absolute Gasteiger partial charge is 0.263 e. The van der Waals surface area contributed by atoms with Gasteiger partial charge in [0.2, 0.25) is 5.91 Å². The number of alkyl halides is 2. The summed E-state index contributed by atoms with van der Waals surface area (Å²) in [5, 5.41) is 5.91. The Morgan fingerprint density at radius 2 is 2.05 bits per heavy atom. The van der Waals surface area contributed by atoms with Gasteiger partial charge in [0.1, 0.15) is 0 Å². The number of carbonyl (C=O) groups excluding carboxylic acids is 1. The summed E-state index contributed by atoms with van der Waals surface area (Å²) in [6, 6.07) is 6.30. The van der Waals surface area contributed by atoms with Gasteiger partial charge in [-0.2, -0.15) is 0 Å². The first kappa shape index (κ1) is 16.6. The van der Waals surface area contributed by atoms with E-state index < -0.39 is 6.43 Å². The quantitative estimate of drug-likeness (QED) is 0.721. The Hall–Kier alpha value is -1.49. The predicted octanol–water partition coefficient (Wildman–Crippen LogP) is 2.88. The van der Waals surface area contributed by atoms with Crippen molar-refractivity contribution in [3.05, 3.63) is 35.4 Å². The first-order valence-corrected chi connectivity index (χ1v) is 6.83. The zero-order chi connectivity index (χ0) is 15.0. The van der Waals surface area contributed by atoms with Gasteiger partial charge in [0, 0.05) is 31.6 Å². The number of hydrogen-bond donors (Lipinski definition) is 2. The SMILES string of the molecule is CC(C)CNC(=O)CCNCc1cccc(C(F)F)c1. The van der Waals surface area contributed by atoms with Gasteiger partial charge in [-0.25, -0.2) is 8.78 Å². The highest BCUT2D eigenvalue weighted by atomic mass is 19.3. The fourth-order valence-electron chi connectivity index (χ4n) is 1.68. The number of nitrogens with one attached hydrogen (secondary N) is 2. The molecule has 0 saturated heterocycles. The monoisotopic (exact) mass is 284 g/mol. The van der Waals surface area contributed by atoms with E-state index in [9.17, 15) is 13.6 Å². The number of halogens is 2. The van der Waals surface area contributed by atoms with E-state index in [4.69, 9.17) is 0 Å². The normalized spacial score (nSPS) is 11.1. The van der Waals surface area contributed by atoms with Gasteiger partial charge in [-0.15, -0.1) is 0 Å². The third-order valence-electron chi connectivity index (χ3n) is 2.77. The van der Waals surface area contributed by atoms with Crippen LogP contribution in [0.15, 0.2) is 24.3 Å². The predicted molar refractivity (Wildman–Crippen MR) is 75.6 cm³/mol. The molecule has 5 heteroatoms. The molecule has 0 spiro atoms. The van der Waals surface area contributed by atoms with E-state index in [0.717, 1.165) is 5.56 Å². The lowest BCUT2D eigenvalue weighted by molar-refractivity contribution is -0.121. The average Bonchev–Trinajstić information content (AvgIpc) is 2.41. The summed E-state index contributed by atoms with van der Waals surface area (Å²) in [7, 11) is 0. The fourth-order valence-corrected chi connectivity index (χ4v) is 1.68. The van der Waals surface area contributed by atoms with Crippen molar-refractivity contribution in [1.82, 2.24) is 10.6 Å². The number of carbonyl (C=O) groups is 1. The molecule has 0 aliphatic heterocycles. The van der Waals surface area contributed by atoms with E-state index in [2.05, 4.69) is 10.6 Å². The van der Waals surface area contributed by atoms with Crippen molar-refractivity contribution in [3.63, 3.8) is 0 Å². The highest BCUT2D eigenvalue weighted by Gasteiger charge is 2.07. The molecule has 0 aromatic heterocycles. The molecule has 0 radical (unpaired) electrons. The maximum Gasteiger partial charge on any atom is 0.263 e. The Morgan fingerprint density at radius 1 is 1.30 bits per heavy atom. The molecule has 0 aliphatic rings. The first-order chi connectivity index (χ1) is 9.49. The van der Waals surface area contributed by atoms with Crippen molar-refractivity contribution in [2.45, 2.75) is 33.2 Å². The molecular weight excluding hydrogens is 262 g/mol. The fraction of sp³-hybridized carbons (Fsp3) is 0.533. The van der Waals surface area contributed by atoms with Crippen LogP contribution in [-0.2, 0) is 11.3 Å². The molecule has 0 fully saturated rings. The van der Waals surface area contributed by atoms with Crippen molar-refractivity contribution in [3.8, 4) is 0 Å². The summed E-state index contributed by atoms with van der Waals surface area (Å²) >= 11 is 0. The lowest BCUT2D eigenvalue weighted by atomic mass is 10.1. The van der Waals surface area contributed by atoms with Crippen LogP contribution in [0, 0.1) is 5.92 Å². The topological polar surface area (TPSA) is 41.1 Å². The second-order valence-corrected chi connectivity index (χ2v) is 5.17. The Kier molecular flexibility index (Phi) is 7.15. The summed E-state index contributed by atoms with van der Waals surface area (Å²) < 4.78 is 25.0. The van der Waals surface area contributed by atoms with Gasteiger partial charge in [-0.3, -0.25) is 4.79 Å². The van der Waals surface area contributed by atoms with Crippen LogP contribution < -0.4 is 10.6 Å². The summed E-state index contributed by atoms with van der Waals surface area (Å²) in [4.78, 5) is 11.5. The minimum absolute atomic E-state index is 0.00697. The van der Waals surface area contributed by atoms with E-state index in [0.29, 0.717) is 32.0 Å². The summed E-state index contributed by atoms with van der Waals surface area (Å²) in [5.74, 6) is 0.441. The molecule has 1 aromatic carbocycles. The molecule has 2 N–H and O–H groups in total. The van der Waals surface area contributed by atoms with E-state index in [1.807, 2.05) is 13.8 Å². The summed E-state index contributed by atoms with van der Waals surface area (Å²) in [6.45, 7) is 5.76. The average molecular weight is 284 g/mol. The second-order valence-electron chi connectivity index (χ2n) is 5.17. The van der Waals surface area contributed by atoms with Gasteiger partial charge in [0.25, 0.3) is 6.43 Å². The third kappa shape index (κ3) is 6.61. The molecular formula is C15H22F2N2O. The van der Waals surface area contributed by atoms with Crippen molar-refractivity contribution >= 4 is 5.91 Å². The molecule has 0 atom stereocenters. The lowest BCUT2D eigenvalue weighted by Crippen LogP contribution is -2.30.